The van der Waals surface area contributed by atoms with Gasteiger partial charge in [0.2, 0.25) is 0 Å². The predicted octanol–water partition coefficient (Wildman–Crippen LogP) is 15.9. The topological polar surface area (TPSA) is 155 Å². The maximum Gasteiger partial charge on any atom is 0.472 e. The molecule has 12 heteroatoms. The molecule has 0 aromatic heterocycles. The van der Waals surface area contributed by atoms with Gasteiger partial charge >= 0.3 is 25.7 Å². The van der Waals surface area contributed by atoms with Crippen molar-refractivity contribution < 1.29 is 52.2 Å². The minimum absolute atomic E-state index is 0.142. The van der Waals surface area contributed by atoms with Crippen LogP contribution in [0, 0.1) is 0 Å². The summed E-state index contributed by atoms with van der Waals surface area (Å²) in [5, 5.41) is 9.79. The lowest BCUT2D eigenvalue weighted by Crippen LogP contribution is -2.30. The van der Waals surface area contributed by atoms with Gasteiger partial charge in [-0.3, -0.25) is 23.4 Å². The number of carbonyl (C=O) groups excluding carboxylic acids is 3. The van der Waals surface area contributed by atoms with E-state index in [-0.39, 0.29) is 25.9 Å². The van der Waals surface area contributed by atoms with E-state index in [2.05, 4.69) is 99.8 Å². The van der Waals surface area contributed by atoms with Crippen molar-refractivity contribution in [3.05, 3.63) is 85.1 Å². The Bertz CT molecular complexity index is 1500. The molecule has 0 aliphatic carbocycles. The van der Waals surface area contributed by atoms with Crippen molar-refractivity contribution in [2.75, 3.05) is 26.4 Å². The van der Waals surface area contributed by atoms with Gasteiger partial charge in [-0.1, -0.05) is 183 Å². The molecule has 0 spiro atoms. The van der Waals surface area contributed by atoms with Crippen molar-refractivity contribution in [3.8, 4) is 0 Å². The lowest BCUT2D eigenvalue weighted by atomic mass is 10.1. The lowest BCUT2D eigenvalue weighted by molar-refractivity contribution is -0.161. The molecule has 0 saturated carbocycles. The van der Waals surface area contributed by atoms with E-state index in [1.54, 1.807) is 0 Å². The van der Waals surface area contributed by atoms with Crippen molar-refractivity contribution in [1.82, 2.24) is 0 Å². The number of ether oxygens (including phenoxy) is 3. The Labute approximate surface area is 426 Å². The van der Waals surface area contributed by atoms with Gasteiger partial charge in [0.05, 0.1) is 19.8 Å². The second kappa shape index (κ2) is 52.0. The van der Waals surface area contributed by atoms with E-state index in [1.807, 2.05) is 6.08 Å². The molecular formula is C58H99O11P. The standard InChI is InChI=1S/C58H99O11P/c1-4-7-10-13-16-19-22-25-26-27-28-31-32-35-38-41-44-47-56(60)65-51-55(69-58(62)49-46-43-40-37-34-30-24-21-18-15-12-9-6-3)53-67-70(63,64)66-52-54(50-59)68-57(61)48-45-42-39-36-33-29-23-20-17-14-11-8-5-2/h7,10,16,19-21,23-26,28,31,35,38,54-55,59H,4-6,8-9,11-15,17-18,22,27,29-30,32-34,36-37,39-53H2,1-3H3,(H,63,64)/b10-7-,19-16-,23-20-,24-21-,26-25-,31-28-,38-35-. The number of hydrogen-bond acceptors (Lipinski definition) is 10. The quantitative estimate of drug-likeness (QED) is 0.0197. The molecule has 2 N–H and O–H groups in total. The smallest absolute Gasteiger partial charge is 0.462 e. The molecule has 70 heavy (non-hydrogen) atoms. The molecule has 0 aromatic carbocycles. The lowest BCUT2D eigenvalue weighted by Gasteiger charge is -2.21. The molecule has 3 atom stereocenters. The van der Waals surface area contributed by atoms with Crippen LogP contribution in [-0.2, 0) is 42.2 Å². The van der Waals surface area contributed by atoms with Gasteiger partial charge in [0.15, 0.2) is 6.10 Å². The van der Waals surface area contributed by atoms with Crippen LogP contribution in [0.2, 0.25) is 0 Å². The van der Waals surface area contributed by atoms with Crippen LogP contribution < -0.4 is 0 Å². The van der Waals surface area contributed by atoms with Crippen LogP contribution in [0.15, 0.2) is 85.1 Å². The van der Waals surface area contributed by atoms with Crippen molar-refractivity contribution >= 4 is 25.7 Å². The number of aliphatic hydroxyl groups excluding tert-OH is 1. The Morgan fingerprint density at radius 1 is 0.414 bits per heavy atom. The Kier molecular flexibility index (Phi) is 49.5. The number of rotatable bonds is 50. The average Bonchev–Trinajstić information content (AvgIpc) is 3.35. The maximum absolute atomic E-state index is 12.9. The molecule has 0 amide bonds. The molecule has 0 aromatic rings. The van der Waals surface area contributed by atoms with Gasteiger partial charge < -0.3 is 24.2 Å². The van der Waals surface area contributed by atoms with Crippen LogP contribution in [-0.4, -0.2) is 66.5 Å². The fourth-order valence-electron chi connectivity index (χ4n) is 7.09. The minimum atomic E-state index is -4.76. The molecule has 3 unspecified atom stereocenters. The maximum atomic E-state index is 12.9. The van der Waals surface area contributed by atoms with Crippen LogP contribution >= 0.6 is 7.82 Å². The van der Waals surface area contributed by atoms with Crippen LogP contribution in [0.3, 0.4) is 0 Å². The summed E-state index contributed by atoms with van der Waals surface area (Å²) in [6.45, 7) is 4.40. The van der Waals surface area contributed by atoms with Crippen LogP contribution in [0.1, 0.15) is 226 Å². The van der Waals surface area contributed by atoms with Gasteiger partial charge in [-0.2, -0.15) is 0 Å². The molecule has 0 fully saturated rings. The first-order valence-corrected chi connectivity index (χ1v) is 29.0. The molecule has 0 radical (unpaired) electrons. The highest BCUT2D eigenvalue weighted by Crippen LogP contribution is 2.43. The summed E-state index contributed by atoms with van der Waals surface area (Å²) in [7, 11) is -4.76. The highest BCUT2D eigenvalue weighted by molar-refractivity contribution is 7.47. The minimum Gasteiger partial charge on any atom is -0.462 e. The van der Waals surface area contributed by atoms with Crippen LogP contribution in [0.4, 0.5) is 0 Å². The number of esters is 3. The van der Waals surface area contributed by atoms with E-state index < -0.39 is 57.8 Å². The third-order valence-corrected chi connectivity index (χ3v) is 12.2. The number of allylic oxidation sites excluding steroid dienone is 14. The monoisotopic (exact) mass is 1000 g/mol. The zero-order valence-corrected chi connectivity index (χ0v) is 45.1. The van der Waals surface area contributed by atoms with Gasteiger partial charge in [0, 0.05) is 19.3 Å². The number of unbranched alkanes of at least 4 members (excludes halogenated alkanes) is 19. The first-order chi connectivity index (χ1) is 34.2. The van der Waals surface area contributed by atoms with E-state index in [4.69, 9.17) is 23.3 Å². The van der Waals surface area contributed by atoms with E-state index in [0.717, 1.165) is 109 Å². The number of phosphoric ester groups is 1. The van der Waals surface area contributed by atoms with Crippen molar-refractivity contribution in [2.45, 2.75) is 238 Å². The summed E-state index contributed by atoms with van der Waals surface area (Å²) in [5.41, 5.74) is 0. The summed E-state index contributed by atoms with van der Waals surface area (Å²) in [4.78, 5) is 48.4. The van der Waals surface area contributed by atoms with Gasteiger partial charge in [-0.25, -0.2) is 4.57 Å². The Morgan fingerprint density at radius 3 is 1.20 bits per heavy atom. The van der Waals surface area contributed by atoms with Crippen molar-refractivity contribution in [1.29, 1.82) is 0 Å². The molecule has 0 bridgehead atoms. The number of carbonyl (C=O) groups is 3. The normalized spacial score (nSPS) is 14.1. The van der Waals surface area contributed by atoms with E-state index in [9.17, 15) is 28.9 Å². The summed E-state index contributed by atoms with van der Waals surface area (Å²) in [6, 6.07) is 0. The van der Waals surface area contributed by atoms with Gasteiger partial charge in [-0.15, -0.1) is 0 Å². The molecule has 0 aliphatic heterocycles. The molecular weight excluding hydrogens is 904 g/mol. The first kappa shape index (κ1) is 66.7. The molecule has 11 nitrogen and oxygen atoms in total. The molecule has 0 saturated heterocycles. The van der Waals surface area contributed by atoms with Crippen LogP contribution in [0.25, 0.3) is 0 Å². The van der Waals surface area contributed by atoms with E-state index >= 15 is 0 Å². The molecule has 0 rings (SSSR count). The Balaban J connectivity index is 4.83. The third-order valence-electron chi connectivity index (χ3n) is 11.3. The summed E-state index contributed by atoms with van der Waals surface area (Å²) in [6.07, 6.45) is 58.4. The second-order valence-electron chi connectivity index (χ2n) is 18.0. The van der Waals surface area contributed by atoms with Crippen molar-refractivity contribution in [3.63, 3.8) is 0 Å². The third kappa shape index (κ3) is 49.6. The van der Waals surface area contributed by atoms with Gasteiger partial charge in [0.1, 0.15) is 12.7 Å². The van der Waals surface area contributed by atoms with Gasteiger partial charge in [0.25, 0.3) is 0 Å². The Morgan fingerprint density at radius 2 is 0.757 bits per heavy atom. The van der Waals surface area contributed by atoms with Crippen LogP contribution in [0.5, 0.6) is 0 Å². The number of hydrogen-bond donors (Lipinski definition) is 2. The predicted molar refractivity (Wildman–Crippen MR) is 288 cm³/mol. The molecule has 0 aliphatic rings. The fraction of sp³-hybridized carbons (Fsp3) is 0.707. The highest BCUT2D eigenvalue weighted by atomic mass is 31.2. The van der Waals surface area contributed by atoms with Crippen molar-refractivity contribution in [2.24, 2.45) is 0 Å². The second-order valence-corrected chi connectivity index (χ2v) is 19.5. The summed E-state index contributed by atoms with van der Waals surface area (Å²) in [5.74, 6) is -1.56. The highest BCUT2D eigenvalue weighted by Gasteiger charge is 2.28. The number of phosphoric acid groups is 1. The zero-order chi connectivity index (χ0) is 51.3. The Hall–Kier alpha value is -3.34. The molecule has 0 heterocycles. The van der Waals surface area contributed by atoms with E-state index in [1.165, 1.54) is 51.4 Å². The summed E-state index contributed by atoms with van der Waals surface area (Å²) >= 11 is 0. The van der Waals surface area contributed by atoms with E-state index in [0.29, 0.717) is 25.7 Å². The SMILES string of the molecule is CC/C=C\C/C=C\C/C=C\C/C=C\C/C=C\CCCC(=O)OCC(COP(=O)(O)OCC(CO)OC(=O)CCCCCCC/C=C\CCCCCC)OC(=O)CCCCCCC/C=C\CCCCCC. The number of aliphatic hydroxyl groups is 1. The largest absolute Gasteiger partial charge is 0.472 e. The summed E-state index contributed by atoms with van der Waals surface area (Å²) < 4.78 is 39.3. The zero-order valence-electron chi connectivity index (χ0n) is 44.2. The first-order valence-electron chi connectivity index (χ1n) is 27.5. The fourth-order valence-corrected chi connectivity index (χ4v) is 7.87. The molecule has 402 valence electrons. The van der Waals surface area contributed by atoms with Gasteiger partial charge in [-0.05, 0) is 109 Å². The average molecular weight is 1000 g/mol.